The van der Waals surface area contributed by atoms with Gasteiger partial charge in [-0.1, -0.05) is 18.2 Å². The van der Waals surface area contributed by atoms with E-state index in [0.717, 1.165) is 17.0 Å². The molecule has 6 nitrogen and oxygen atoms in total. The number of nitrogens with one attached hydrogen (secondary N) is 1. The molecule has 29 heavy (non-hydrogen) atoms. The number of pyridine rings is 1. The summed E-state index contributed by atoms with van der Waals surface area (Å²) in [5.41, 5.74) is 4.20. The quantitative estimate of drug-likeness (QED) is 0.346. The van der Waals surface area contributed by atoms with Crippen molar-refractivity contribution in [1.82, 2.24) is 10.5 Å². The van der Waals surface area contributed by atoms with Gasteiger partial charge in [0.25, 0.3) is 0 Å². The highest BCUT2D eigenvalue weighted by molar-refractivity contribution is 6.00. The Balaban J connectivity index is 1.91. The molecule has 7 heteroatoms. The van der Waals surface area contributed by atoms with Crippen LogP contribution in [0.3, 0.4) is 0 Å². The maximum absolute atomic E-state index is 13.2. The number of aryl methyl sites for hydroxylation is 1. The van der Waals surface area contributed by atoms with Gasteiger partial charge in [-0.2, -0.15) is 0 Å². The Morgan fingerprint density at radius 1 is 1.10 bits per heavy atom. The van der Waals surface area contributed by atoms with Crippen LogP contribution in [0.4, 0.5) is 4.39 Å². The standard InChI is InChI=1S/C22H22FN3O3/c1-3-28-20-7-5-4-6-16(20)14-24-21(26-27)19-13-8-15(2)25-22(19)29-18-11-9-17(23)10-12-18/h4-13,27H,3,14H2,1-2H3,(H,24,26). The Bertz CT molecular complexity index is 991. The zero-order valence-corrected chi connectivity index (χ0v) is 16.2. The fraction of sp³-hybridized carbons (Fsp3) is 0.182. The van der Waals surface area contributed by atoms with E-state index in [2.05, 4.69) is 15.5 Å². The number of para-hydroxylation sites is 1. The van der Waals surface area contributed by atoms with E-state index in [-0.39, 0.29) is 24.1 Å². The van der Waals surface area contributed by atoms with Crippen molar-refractivity contribution < 1.29 is 19.1 Å². The molecule has 2 aromatic carbocycles. The predicted octanol–water partition coefficient (Wildman–Crippen LogP) is 4.65. The number of halogens is 1. The Kier molecular flexibility index (Phi) is 6.76. The second kappa shape index (κ2) is 9.66. The largest absolute Gasteiger partial charge is 0.494 e. The van der Waals surface area contributed by atoms with E-state index in [9.17, 15) is 9.60 Å². The number of rotatable bonds is 7. The minimum atomic E-state index is -0.359. The third-order valence-corrected chi connectivity index (χ3v) is 4.07. The van der Waals surface area contributed by atoms with Crippen molar-refractivity contribution in [2.24, 2.45) is 4.99 Å². The van der Waals surface area contributed by atoms with Gasteiger partial charge in [0.15, 0.2) is 5.84 Å². The van der Waals surface area contributed by atoms with E-state index in [1.165, 1.54) is 24.3 Å². The highest BCUT2D eigenvalue weighted by Gasteiger charge is 2.14. The van der Waals surface area contributed by atoms with Gasteiger partial charge >= 0.3 is 0 Å². The molecule has 0 spiro atoms. The van der Waals surface area contributed by atoms with E-state index in [1.54, 1.807) is 12.1 Å². The van der Waals surface area contributed by atoms with Crippen molar-refractivity contribution in [2.45, 2.75) is 20.4 Å². The molecule has 0 unspecified atom stereocenters. The molecule has 0 saturated heterocycles. The number of aromatic nitrogens is 1. The second-order valence-electron chi connectivity index (χ2n) is 6.18. The average molecular weight is 395 g/mol. The zero-order valence-electron chi connectivity index (χ0n) is 16.2. The van der Waals surface area contributed by atoms with Gasteiger partial charge in [-0.25, -0.2) is 9.37 Å². The molecule has 0 atom stereocenters. The minimum absolute atomic E-state index is 0.195. The lowest BCUT2D eigenvalue weighted by molar-refractivity contribution is 0.234. The van der Waals surface area contributed by atoms with Crippen LogP contribution >= 0.6 is 0 Å². The summed E-state index contributed by atoms with van der Waals surface area (Å²) in [5.74, 6) is 1.24. The first kappa shape index (κ1) is 20.3. The molecule has 150 valence electrons. The molecule has 0 saturated carbocycles. The molecule has 0 radical (unpaired) electrons. The normalized spacial score (nSPS) is 11.2. The minimum Gasteiger partial charge on any atom is -0.494 e. The van der Waals surface area contributed by atoms with Gasteiger partial charge in [-0.15, -0.1) is 0 Å². The Hall–Kier alpha value is -3.45. The first-order valence-electron chi connectivity index (χ1n) is 9.17. The summed E-state index contributed by atoms with van der Waals surface area (Å²) in [5, 5.41) is 9.68. The predicted molar refractivity (Wildman–Crippen MR) is 108 cm³/mol. The highest BCUT2D eigenvalue weighted by Crippen LogP contribution is 2.25. The summed E-state index contributed by atoms with van der Waals surface area (Å²) in [4.78, 5) is 8.86. The summed E-state index contributed by atoms with van der Waals surface area (Å²) >= 11 is 0. The molecule has 1 heterocycles. The second-order valence-corrected chi connectivity index (χ2v) is 6.18. The Labute approximate surface area is 168 Å². The zero-order chi connectivity index (χ0) is 20.6. The summed E-state index contributed by atoms with van der Waals surface area (Å²) in [6, 6.07) is 16.7. The van der Waals surface area contributed by atoms with Crippen molar-refractivity contribution in [2.75, 3.05) is 6.61 Å². The van der Waals surface area contributed by atoms with E-state index < -0.39 is 0 Å². The van der Waals surface area contributed by atoms with Crippen LogP contribution in [0.25, 0.3) is 0 Å². The molecule has 0 aliphatic rings. The lowest BCUT2D eigenvalue weighted by Crippen LogP contribution is -2.22. The first-order valence-corrected chi connectivity index (χ1v) is 9.17. The van der Waals surface area contributed by atoms with Crippen LogP contribution in [0, 0.1) is 12.7 Å². The topological polar surface area (TPSA) is 76.0 Å². The summed E-state index contributed by atoms with van der Waals surface area (Å²) in [7, 11) is 0. The highest BCUT2D eigenvalue weighted by atomic mass is 19.1. The molecular weight excluding hydrogens is 373 g/mol. The number of ether oxygens (including phenoxy) is 2. The fourth-order valence-electron chi connectivity index (χ4n) is 2.68. The van der Waals surface area contributed by atoms with Crippen molar-refractivity contribution in [3.63, 3.8) is 0 Å². The van der Waals surface area contributed by atoms with E-state index in [4.69, 9.17) is 9.47 Å². The van der Waals surface area contributed by atoms with Crippen LogP contribution in [-0.2, 0) is 6.54 Å². The molecule has 0 fully saturated rings. The maximum Gasteiger partial charge on any atom is 0.230 e. The lowest BCUT2D eigenvalue weighted by Gasteiger charge is -2.13. The number of hydrogen-bond acceptors (Lipinski definition) is 5. The molecule has 0 aliphatic carbocycles. The number of hydrogen-bond donors (Lipinski definition) is 2. The van der Waals surface area contributed by atoms with Crippen molar-refractivity contribution >= 4 is 5.84 Å². The number of nitrogens with zero attached hydrogens (tertiary/aromatic N) is 2. The van der Waals surface area contributed by atoms with E-state index in [1.807, 2.05) is 38.1 Å². The summed E-state index contributed by atoms with van der Waals surface area (Å²) < 4.78 is 24.6. The molecular formula is C22H22FN3O3. The smallest absolute Gasteiger partial charge is 0.230 e. The van der Waals surface area contributed by atoms with Gasteiger partial charge < -0.3 is 9.47 Å². The van der Waals surface area contributed by atoms with Gasteiger partial charge in [0, 0.05) is 11.3 Å². The number of hydroxylamine groups is 1. The fourth-order valence-corrected chi connectivity index (χ4v) is 2.68. The third-order valence-electron chi connectivity index (χ3n) is 4.07. The number of aliphatic imine (C=N–C) groups is 1. The van der Waals surface area contributed by atoms with Crippen LogP contribution < -0.4 is 15.0 Å². The van der Waals surface area contributed by atoms with Crippen LogP contribution in [0.1, 0.15) is 23.7 Å². The first-order chi connectivity index (χ1) is 14.1. The molecule has 0 bridgehead atoms. The van der Waals surface area contributed by atoms with E-state index in [0.29, 0.717) is 17.9 Å². The summed E-state index contributed by atoms with van der Waals surface area (Å²) in [6.45, 7) is 4.56. The SMILES string of the molecule is CCOc1ccccc1CN=C(NO)c1ccc(C)nc1Oc1ccc(F)cc1. The monoisotopic (exact) mass is 395 g/mol. The van der Waals surface area contributed by atoms with Crippen LogP contribution in [0.15, 0.2) is 65.7 Å². The van der Waals surface area contributed by atoms with Gasteiger partial charge in [0.1, 0.15) is 17.3 Å². The molecule has 3 aromatic rings. The van der Waals surface area contributed by atoms with Crippen molar-refractivity contribution in [3.8, 4) is 17.4 Å². The van der Waals surface area contributed by atoms with E-state index >= 15 is 0 Å². The molecule has 2 N–H and O–H groups in total. The molecule has 0 aliphatic heterocycles. The molecule has 1 aromatic heterocycles. The van der Waals surface area contributed by atoms with Gasteiger partial charge in [0.05, 0.1) is 18.7 Å². The van der Waals surface area contributed by atoms with Crippen molar-refractivity contribution in [3.05, 3.63) is 83.3 Å². The average Bonchev–Trinajstić information content (AvgIpc) is 2.72. The van der Waals surface area contributed by atoms with Gasteiger partial charge in [-0.3, -0.25) is 15.7 Å². The van der Waals surface area contributed by atoms with Crippen LogP contribution in [0.2, 0.25) is 0 Å². The molecule has 0 amide bonds. The Morgan fingerprint density at radius 2 is 1.86 bits per heavy atom. The molecule has 3 rings (SSSR count). The van der Waals surface area contributed by atoms with Crippen LogP contribution in [-0.4, -0.2) is 22.6 Å². The number of amidine groups is 1. The summed E-state index contributed by atoms with van der Waals surface area (Å²) in [6.07, 6.45) is 0. The number of benzene rings is 2. The Morgan fingerprint density at radius 3 is 2.59 bits per heavy atom. The third kappa shape index (κ3) is 5.30. The van der Waals surface area contributed by atoms with Crippen LogP contribution in [0.5, 0.6) is 17.4 Å². The van der Waals surface area contributed by atoms with Gasteiger partial charge in [-0.05, 0) is 56.3 Å². The maximum atomic E-state index is 13.2. The lowest BCUT2D eigenvalue weighted by atomic mass is 10.2. The van der Waals surface area contributed by atoms with Crippen molar-refractivity contribution in [1.29, 1.82) is 0 Å². The van der Waals surface area contributed by atoms with Gasteiger partial charge in [0.2, 0.25) is 5.88 Å².